The minimum Gasteiger partial charge on any atom is -0.481 e. The molecule has 2 saturated carbocycles. The van der Waals surface area contributed by atoms with Crippen molar-refractivity contribution in [1.29, 1.82) is 0 Å². The topological polar surface area (TPSA) is 60.9 Å². The van der Waals surface area contributed by atoms with E-state index in [4.69, 9.17) is 5.11 Å². The second-order valence-corrected chi connectivity index (χ2v) is 6.67. The predicted octanol–water partition coefficient (Wildman–Crippen LogP) is 1.18. The summed E-state index contributed by atoms with van der Waals surface area (Å²) in [6.07, 6.45) is 5.45. The van der Waals surface area contributed by atoms with Gasteiger partial charge in [-0.3, -0.25) is 14.5 Å². The summed E-state index contributed by atoms with van der Waals surface area (Å²) in [6.45, 7) is 3.84. The molecule has 3 aliphatic rings. The largest absolute Gasteiger partial charge is 0.481 e. The molecule has 0 spiro atoms. The average Bonchev–Trinajstić information content (AvgIpc) is 3.28. The van der Waals surface area contributed by atoms with Crippen molar-refractivity contribution in [1.82, 2.24) is 9.80 Å². The summed E-state index contributed by atoms with van der Waals surface area (Å²) in [5, 5.41) is 9.02. The molecule has 1 saturated heterocycles. The molecule has 3 fully saturated rings. The molecule has 0 bridgehead atoms. The zero-order valence-electron chi connectivity index (χ0n) is 12.1. The number of hydrogen-bond acceptors (Lipinski definition) is 3. The van der Waals surface area contributed by atoms with Crippen LogP contribution < -0.4 is 0 Å². The van der Waals surface area contributed by atoms with Crippen molar-refractivity contribution >= 4 is 11.9 Å². The van der Waals surface area contributed by atoms with Gasteiger partial charge < -0.3 is 10.0 Å². The first-order valence-electron chi connectivity index (χ1n) is 7.82. The quantitative estimate of drug-likeness (QED) is 0.794. The average molecular weight is 280 g/mol. The fourth-order valence-corrected chi connectivity index (χ4v) is 3.37. The van der Waals surface area contributed by atoms with Gasteiger partial charge >= 0.3 is 5.97 Å². The first kappa shape index (κ1) is 13.9. The van der Waals surface area contributed by atoms with Crippen LogP contribution in [0.5, 0.6) is 0 Å². The molecule has 112 valence electrons. The van der Waals surface area contributed by atoms with E-state index in [1.807, 2.05) is 4.90 Å². The van der Waals surface area contributed by atoms with Crippen LogP contribution >= 0.6 is 0 Å². The van der Waals surface area contributed by atoms with Crippen LogP contribution in [0, 0.1) is 11.8 Å². The van der Waals surface area contributed by atoms with Crippen LogP contribution in [0.4, 0.5) is 0 Å². The van der Waals surface area contributed by atoms with E-state index in [1.165, 1.54) is 12.8 Å². The molecule has 5 nitrogen and oxygen atoms in total. The van der Waals surface area contributed by atoms with E-state index in [-0.39, 0.29) is 11.8 Å². The van der Waals surface area contributed by atoms with E-state index >= 15 is 0 Å². The van der Waals surface area contributed by atoms with Crippen LogP contribution in [0.2, 0.25) is 0 Å². The summed E-state index contributed by atoms with van der Waals surface area (Å²) in [4.78, 5) is 27.6. The lowest BCUT2D eigenvalue weighted by molar-refractivity contribution is -0.142. The molecule has 0 aromatic heterocycles. The molecular weight excluding hydrogens is 256 g/mol. The number of nitrogens with zero attached hydrogens (tertiary/aromatic N) is 2. The highest BCUT2D eigenvalue weighted by Crippen LogP contribution is 2.39. The summed E-state index contributed by atoms with van der Waals surface area (Å²) in [6, 6.07) is 0.823. The monoisotopic (exact) mass is 280 g/mol. The summed E-state index contributed by atoms with van der Waals surface area (Å²) in [5.74, 6) is -0.119. The van der Waals surface area contributed by atoms with Crippen molar-refractivity contribution < 1.29 is 14.7 Å². The predicted molar refractivity (Wildman–Crippen MR) is 74.2 cm³/mol. The number of rotatable bonds is 6. The summed E-state index contributed by atoms with van der Waals surface area (Å²) in [7, 11) is 0. The SMILES string of the molecule is CC(C1CC1)N(C(=O)CN1CCC(C(=O)O)C1)C1CC1. The highest BCUT2D eigenvalue weighted by molar-refractivity contribution is 5.79. The molecule has 0 aromatic carbocycles. The first-order valence-corrected chi connectivity index (χ1v) is 7.82. The Bertz CT molecular complexity index is 404. The molecule has 2 aliphatic carbocycles. The van der Waals surface area contributed by atoms with Crippen molar-refractivity contribution in [2.75, 3.05) is 19.6 Å². The Labute approximate surface area is 119 Å². The third kappa shape index (κ3) is 2.97. The van der Waals surface area contributed by atoms with E-state index in [0.29, 0.717) is 37.5 Å². The molecule has 1 N–H and O–H groups in total. The van der Waals surface area contributed by atoms with Gasteiger partial charge in [-0.05, 0) is 51.5 Å². The lowest BCUT2D eigenvalue weighted by Gasteiger charge is -2.31. The molecule has 0 aromatic rings. The molecule has 1 amide bonds. The highest BCUT2D eigenvalue weighted by atomic mass is 16.4. The second kappa shape index (κ2) is 5.35. The standard InChI is InChI=1S/C15H24N2O3/c1-10(11-2-3-11)17(13-4-5-13)14(18)9-16-7-6-12(8-16)15(19)20/h10-13H,2-9H2,1H3,(H,19,20). The summed E-state index contributed by atoms with van der Waals surface area (Å²) in [5.41, 5.74) is 0. The van der Waals surface area contributed by atoms with Gasteiger partial charge in [0.1, 0.15) is 0 Å². The Hall–Kier alpha value is -1.10. The minimum atomic E-state index is -0.731. The second-order valence-electron chi connectivity index (χ2n) is 6.67. The van der Waals surface area contributed by atoms with Crippen LogP contribution in [0.15, 0.2) is 0 Å². The Morgan fingerprint density at radius 1 is 1.25 bits per heavy atom. The molecule has 2 atom stereocenters. The van der Waals surface area contributed by atoms with Crippen LogP contribution in [0.1, 0.15) is 39.0 Å². The Morgan fingerprint density at radius 3 is 2.45 bits per heavy atom. The van der Waals surface area contributed by atoms with E-state index in [2.05, 4.69) is 11.8 Å². The molecule has 5 heteroatoms. The van der Waals surface area contributed by atoms with Gasteiger partial charge in [0.05, 0.1) is 12.5 Å². The lowest BCUT2D eigenvalue weighted by Crippen LogP contribution is -2.46. The maximum atomic E-state index is 12.6. The summed E-state index contributed by atoms with van der Waals surface area (Å²) < 4.78 is 0. The number of aliphatic carboxylic acids is 1. The third-order valence-corrected chi connectivity index (χ3v) is 4.95. The van der Waals surface area contributed by atoms with Crippen LogP contribution in [-0.2, 0) is 9.59 Å². The third-order valence-electron chi connectivity index (χ3n) is 4.95. The van der Waals surface area contributed by atoms with Gasteiger partial charge in [-0.25, -0.2) is 0 Å². The van der Waals surface area contributed by atoms with Crippen LogP contribution in [0.3, 0.4) is 0 Å². The van der Waals surface area contributed by atoms with Crippen molar-refractivity contribution in [2.45, 2.75) is 51.1 Å². The van der Waals surface area contributed by atoms with Gasteiger partial charge in [0.15, 0.2) is 0 Å². The van der Waals surface area contributed by atoms with Crippen molar-refractivity contribution in [3.8, 4) is 0 Å². The van der Waals surface area contributed by atoms with Crippen molar-refractivity contribution in [3.05, 3.63) is 0 Å². The molecule has 20 heavy (non-hydrogen) atoms. The van der Waals surface area contributed by atoms with Crippen molar-refractivity contribution in [2.24, 2.45) is 11.8 Å². The molecule has 1 heterocycles. The zero-order chi connectivity index (χ0) is 14.3. The molecule has 3 rings (SSSR count). The number of carboxylic acids is 1. The highest BCUT2D eigenvalue weighted by Gasteiger charge is 2.42. The maximum absolute atomic E-state index is 12.6. The van der Waals surface area contributed by atoms with Crippen molar-refractivity contribution in [3.63, 3.8) is 0 Å². The van der Waals surface area contributed by atoms with E-state index in [1.54, 1.807) is 0 Å². The molecule has 0 radical (unpaired) electrons. The van der Waals surface area contributed by atoms with Gasteiger partial charge in [0, 0.05) is 18.6 Å². The van der Waals surface area contributed by atoms with E-state index in [9.17, 15) is 9.59 Å². The Kier molecular flexibility index (Phi) is 3.71. The van der Waals surface area contributed by atoms with Gasteiger partial charge in [0.2, 0.25) is 5.91 Å². The number of carboxylic acid groups (broad SMARTS) is 1. The fraction of sp³-hybridized carbons (Fsp3) is 0.867. The van der Waals surface area contributed by atoms with Gasteiger partial charge in [-0.15, -0.1) is 0 Å². The first-order chi connectivity index (χ1) is 9.56. The molecule has 2 unspecified atom stereocenters. The van der Waals surface area contributed by atoms with E-state index < -0.39 is 5.97 Å². The van der Waals surface area contributed by atoms with Gasteiger partial charge in [0.25, 0.3) is 0 Å². The molecule has 1 aliphatic heterocycles. The number of carbonyl (C=O) groups is 2. The number of carbonyl (C=O) groups excluding carboxylic acids is 1. The minimum absolute atomic E-state index is 0.206. The number of hydrogen-bond donors (Lipinski definition) is 1. The fourth-order valence-electron chi connectivity index (χ4n) is 3.37. The smallest absolute Gasteiger partial charge is 0.307 e. The van der Waals surface area contributed by atoms with Gasteiger partial charge in [-0.1, -0.05) is 0 Å². The van der Waals surface area contributed by atoms with Crippen LogP contribution in [-0.4, -0.2) is 58.5 Å². The maximum Gasteiger partial charge on any atom is 0.307 e. The number of amides is 1. The molecular formula is C15H24N2O3. The Balaban J connectivity index is 1.55. The van der Waals surface area contributed by atoms with E-state index in [0.717, 1.165) is 19.4 Å². The zero-order valence-corrected chi connectivity index (χ0v) is 12.1. The lowest BCUT2D eigenvalue weighted by atomic mass is 10.1. The Morgan fingerprint density at radius 2 is 1.95 bits per heavy atom. The number of likely N-dealkylation sites (tertiary alicyclic amines) is 1. The van der Waals surface area contributed by atoms with Gasteiger partial charge in [-0.2, -0.15) is 0 Å². The summed E-state index contributed by atoms with van der Waals surface area (Å²) >= 11 is 0. The normalized spacial score (nSPS) is 28.4. The van der Waals surface area contributed by atoms with Crippen LogP contribution in [0.25, 0.3) is 0 Å².